The van der Waals surface area contributed by atoms with Crippen molar-refractivity contribution in [3.05, 3.63) is 33.3 Å². The van der Waals surface area contributed by atoms with E-state index in [1.807, 2.05) is 18.2 Å². The molecule has 5 heteroatoms. The smallest absolute Gasteiger partial charge is 0.0462 e. The number of halogens is 4. The Labute approximate surface area is 126 Å². The van der Waals surface area contributed by atoms with E-state index in [4.69, 9.17) is 34.8 Å². The highest BCUT2D eigenvalue weighted by atomic mass is 79.9. The minimum atomic E-state index is -0.223. The molecule has 17 heavy (non-hydrogen) atoms. The molecule has 0 spiro atoms. The first kappa shape index (κ1) is 15.6. The van der Waals surface area contributed by atoms with E-state index >= 15 is 0 Å². The van der Waals surface area contributed by atoms with Gasteiger partial charge in [0.25, 0.3) is 0 Å². The van der Waals surface area contributed by atoms with Crippen LogP contribution in [0.1, 0.15) is 18.9 Å². The van der Waals surface area contributed by atoms with Crippen molar-refractivity contribution in [1.29, 1.82) is 0 Å². The average Bonchev–Trinajstić information content (AvgIpc) is 2.33. The van der Waals surface area contributed by atoms with Crippen molar-refractivity contribution in [3.8, 4) is 0 Å². The van der Waals surface area contributed by atoms with Crippen molar-refractivity contribution in [1.82, 2.24) is 5.32 Å². The minimum absolute atomic E-state index is 0.223. The van der Waals surface area contributed by atoms with E-state index in [9.17, 15) is 0 Å². The molecule has 0 aliphatic rings. The second-order valence-corrected chi connectivity index (χ2v) is 5.85. The monoisotopic (exact) mass is 357 g/mol. The summed E-state index contributed by atoms with van der Waals surface area (Å²) in [6.07, 6.45) is 0.883. The fraction of sp³-hybridized carbons (Fsp3) is 0.500. The first-order valence-electron chi connectivity index (χ1n) is 5.38. The molecule has 0 radical (unpaired) electrons. The van der Waals surface area contributed by atoms with Gasteiger partial charge in [0.05, 0.1) is 0 Å². The summed E-state index contributed by atoms with van der Waals surface area (Å²) in [5.74, 6) is 0.974. The van der Waals surface area contributed by atoms with Gasteiger partial charge in [0.1, 0.15) is 0 Å². The summed E-state index contributed by atoms with van der Waals surface area (Å²) in [5.41, 5.74) is 0.822. The maximum atomic E-state index is 6.15. The van der Waals surface area contributed by atoms with Crippen molar-refractivity contribution in [2.45, 2.75) is 25.4 Å². The van der Waals surface area contributed by atoms with E-state index in [1.54, 1.807) is 0 Å². The van der Waals surface area contributed by atoms with Gasteiger partial charge in [0.2, 0.25) is 0 Å². The fourth-order valence-corrected chi connectivity index (χ4v) is 2.98. The van der Waals surface area contributed by atoms with Gasteiger partial charge in [-0.1, -0.05) is 40.5 Å². The third-order valence-electron chi connectivity index (χ3n) is 2.86. The van der Waals surface area contributed by atoms with E-state index in [0.29, 0.717) is 18.3 Å². The van der Waals surface area contributed by atoms with Crippen LogP contribution in [-0.2, 0) is 6.54 Å². The molecule has 0 fully saturated rings. The molecule has 0 bridgehead atoms. The average molecular weight is 360 g/mol. The summed E-state index contributed by atoms with van der Waals surface area (Å²) in [7, 11) is 0. The predicted molar refractivity (Wildman–Crippen MR) is 80.5 cm³/mol. The van der Waals surface area contributed by atoms with Crippen LogP contribution in [0.15, 0.2) is 22.7 Å². The number of hydrogen-bond acceptors (Lipinski definition) is 1. The third-order valence-corrected chi connectivity index (χ3v) is 4.73. The molecular formula is C12H15BrCl3N. The zero-order chi connectivity index (χ0) is 12.9. The summed E-state index contributed by atoms with van der Waals surface area (Å²) >= 11 is 21.5. The zero-order valence-electron chi connectivity index (χ0n) is 9.57. The first-order valence-corrected chi connectivity index (χ1v) is 7.62. The van der Waals surface area contributed by atoms with E-state index in [2.05, 4.69) is 28.2 Å². The Morgan fingerprint density at radius 2 is 1.94 bits per heavy atom. The van der Waals surface area contributed by atoms with Crippen molar-refractivity contribution >= 4 is 50.7 Å². The van der Waals surface area contributed by atoms with Gasteiger partial charge in [-0.15, -0.1) is 23.2 Å². The normalized spacial score (nSPS) is 11.8. The van der Waals surface area contributed by atoms with Crippen LogP contribution in [0.2, 0.25) is 5.02 Å². The van der Waals surface area contributed by atoms with Gasteiger partial charge in [-0.25, -0.2) is 0 Å². The van der Waals surface area contributed by atoms with Gasteiger partial charge < -0.3 is 5.32 Å². The molecule has 0 atom stereocenters. The van der Waals surface area contributed by atoms with Gasteiger partial charge in [-0.2, -0.15) is 0 Å². The van der Waals surface area contributed by atoms with E-state index in [-0.39, 0.29) is 5.54 Å². The summed E-state index contributed by atoms with van der Waals surface area (Å²) in [6, 6.07) is 5.84. The van der Waals surface area contributed by atoms with Crippen LogP contribution >= 0.6 is 50.7 Å². The topological polar surface area (TPSA) is 12.0 Å². The van der Waals surface area contributed by atoms with E-state index in [0.717, 1.165) is 21.5 Å². The maximum Gasteiger partial charge on any atom is 0.0462 e. The fourth-order valence-electron chi connectivity index (χ4n) is 1.39. The zero-order valence-corrected chi connectivity index (χ0v) is 13.4. The lowest BCUT2D eigenvalue weighted by molar-refractivity contribution is 0.385. The number of benzene rings is 1. The lowest BCUT2D eigenvalue weighted by Crippen LogP contribution is -2.47. The Hall–Kier alpha value is 0.530. The molecule has 96 valence electrons. The number of hydrogen-bond donors (Lipinski definition) is 1. The standard InChI is InChI=1S/C12H15BrCl3N/c1-2-12(7-14,8-15)17-6-9-3-4-10(13)5-11(9)16/h3-5,17H,2,6-8H2,1H3. The second kappa shape index (κ2) is 7.20. The van der Waals surface area contributed by atoms with Crippen molar-refractivity contribution in [2.24, 2.45) is 0 Å². The van der Waals surface area contributed by atoms with Crippen LogP contribution in [0.5, 0.6) is 0 Å². The van der Waals surface area contributed by atoms with Gasteiger partial charge in [-0.05, 0) is 24.1 Å². The first-order chi connectivity index (χ1) is 8.06. The highest BCUT2D eigenvalue weighted by molar-refractivity contribution is 9.10. The number of alkyl halides is 2. The number of nitrogens with one attached hydrogen (secondary N) is 1. The summed E-state index contributed by atoms with van der Waals surface area (Å²) in [6.45, 7) is 2.74. The third kappa shape index (κ3) is 4.29. The molecule has 0 aliphatic carbocycles. The summed E-state index contributed by atoms with van der Waals surface area (Å²) < 4.78 is 0.975. The molecule has 1 aromatic rings. The molecule has 0 heterocycles. The Morgan fingerprint density at radius 1 is 1.29 bits per heavy atom. The molecule has 1 rings (SSSR count). The number of rotatable bonds is 6. The predicted octanol–water partition coefficient (Wildman–Crippen LogP) is 4.82. The van der Waals surface area contributed by atoms with Crippen LogP contribution in [0.4, 0.5) is 0 Å². The Kier molecular flexibility index (Phi) is 6.60. The molecule has 0 unspecified atom stereocenters. The second-order valence-electron chi connectivity index (χ2n) is 3.99. The Balaban J connectivity index is 2.72. The lowest BCUT2D eigenvalue weighted by Gasteiger charge is -2.30. The molecule has 1 N–H and O–H groups in total. The SMILES string of the molecule is CCC(CCl)(CCl)NCc1ccc(Br)cc1Cl. The molecule has 1 aromatic carbocycles. The Bertz CT molecular complexity index is 359. The van der Waals surface area contributed by atoms with E-state index < -0.39 is 0 Å². The molecule has 0 aromatic heterocycles. The highest BCUT2D eigenvalue weighted by Crippen LogP contribution is 2.23. The van der Waals surface area contributed by atoms with Gasteiger partial charge in [0, 0.05) is 33.3 Å². The van der Waals surface area contributed by atoms with Crippen LogP contribution < -0.4 is 5.32 Å². The van der Waals surface area contributed by atoms with Crippen LogP contribution in [0.3, 0.4) is 0 Å². The summed E-state index contributed by atoms with van der Waals surface area (Å²) in [5, 5.41) is 4.13. The molecule has 0 aliphatic heterocycles. The maximum absolute atomic E-state index is 6.15. The lowest BCUT2D eigenvalue weighted by atomic mass is 10.0. The molecular weight excluding hydrogens is 344 g/mol. The molecule has 0 amide bonds. The van der Waals surface area contributed by atoms with Crippen LogP contribution in [-0.4, -0.2) is 17.3 Å². The van der Waals surface area contributed by atoms with Crippen LogP contribution in [0, 0.1) is 0 Å². The van der Waals surface area contributed by atoms with Crippen molar-refractivity contribution in [2.75, 3.05) is 11.8 Å². The van der Waals surface area contributed by atoms with Gasteiger partial charge in [0.15, 0.2) is 0 Å². The van der Waals surface area contributed by atoms with Crippen LogP contribution in [0.25, 0.3) is 0 Å². The largest absolute Gasteiger partial charge is 0.305 e. The molecule has 0 saturated carbocycles. The molecule has 1 nitrogen and oxygen atoms in total. The van der Waals surface area contributed by atoms with E-state index in [1.165, 1.54) is 0 Å². The minimum Gasteiger partial charge on any atom is -0.305 e. The van der Waals surface area contributed by atoms with Gasteiger partial charge >= 0.3 is 0 Å². The quantitative estimate of drug-likeness (QED) is 0.718. The van der Waals surface area contributed by atoms with Crippen molar-refractivity contribution < 1.29 is 0 Å². The molecule has 0 saturated heterocycles. The van der Waals surface area contributed by atoms with Gasteiger partial charge in [-0.3, -0.25) is 0 Å². The van der Waals surface area contributed by atoms with Crippen molar-refractivity contribution in [3.63, 3.8) is 0 Å². The Morgan fingerprint density at radius 3 is 2.41 bits per heavy atom. The highest BCUT2D eigenvalue weighted by Gasteiger charge is 2.25. The summed E-state index contributed by atoms with van der Waals surface area (Å²) in [4.78, 5) is 0.